The summed E-state index contributed by atoms with van der Waals surface area (Å²) in [7, 11) is 0. The number of aromatic nitrogens is 5. The number of morpholine rings is 1. The summed E-state index contributed by atoms with van der Waals surface area (Å²) in [4.78, 5) is 22.8. The third-order valence-corrected chi connectivity index (χ3v) is 5.23. The molecule has 0 amide bonds. The van der Waals surface area contributed by atoms with Crippen LogP contribution in [0.3, 0.4) is 0 Å². The molecule has 0 bridgehead atoms. The number of hydrogen-bond donors (Lipinski definition) is 2. The van der Waals surface area contributed by atoms with Gasteiger partial charge in [-0.2, -0.15) is 20.1 Å². The highest BCUT2D eigenvalue weighted by molar-refractivity contribution is 5.99. The number of anilines is 2. The number of fused-ring (bicyclic) bond motifs is 1. The van der Waals surface area contributed by atoms with E-state index in [1.807, 2.05) is 53.7 Å². The molecule has 0 radical (unpaired) electrons. The van der Waals surface area contributed by atoms with Gasteiger partial charge in [-0.1, -0.05) is 24.3 Å². The largest absolute Gasteiger partial charge is 0.463 e. The lowest BCUT2D eigenvalue weighted by molar-refractivity contribution is 0.122. The molecule has 1 aliphatic heterocycles. The molecule has 4 heterocycles. The standard InChI is InChI=1S/C23H24N8O2/c1-2-6-20-19(5-1)18(15-25-20)16-26-30-21-27-22(31-9-12-32-13-10-31)29-23(28-21)33-11-7-17-4-3-8-24-14-17/h1-6,8,14-16,25H,7,9-13H2,(H,27,28,29,30). The van der Waals surface area contributed by atoms with Crippen LogP contribution in [-0.2, 0) is 11.2 Å². The van der Waals surface area contributed by atoms with Gasteiger partial charge in [-0.3, -0.25) is 4.98 Å². The number of nitrogens with zero attached hydrogens (tertiary/aromatic N) is 6. The zero-order chi connectivity index (χ0) is 22.3. The summed E-state index contributed by atoms with van der Waals surface area (Å²) in [6.45, 7) is 3.10. The van der Waals surface area contributed by atoms with Crippen molar-refractivity contribution in [1.29, 1.82) is 0 Å². The van der Waals surface area contributed by atoms with Gasteiger partial charge < -0.3 is 19.4 Å². The molecule has 10 nitrogen and oxygen atoms in total. The fraction of sp³-hybridized carbons (Fsp3) is 0.261. The number of pyridine rings is 1. The van der Waals surface area contributed by atoms with Gasteiger partial charge in [-0.25, -0.2) is 5.43 Å². The Labute approximate surface area is 190 Å². The molecular weight excluding hydrogens is 420 g/mol. The average Bonchev–Trinajstić information content (AvgIpc) is 3.28. The van der Waals surface area contributed by atoms with Crippen LogP contribution >= 0.6 is 0 Å². The van der Waals surface area contributed by atoms with E-state index < -0.39 is 0 Å². The van der Waals surface area contributed by atoms with Crippen LogP contribution in [0.15, 0.2) is 60.1 Å². The molecule has 3 aromatic heterocycles. The van der Waals surface area contributed by atoms with Crippen molar-refractivity contribution in [2.75, 3.05) is 43.2 Å². The average molecular weight is 444 g/mol. The second kappa shape index (κ2) is 10.0. The Morgan fingerprint density at radius 2 is 2.03 bits per heavy atom. The van der Waals surface area contributed by atoms with E-state index in [9.17, 15) is 0 Å². The lowest BCUT2D eigenvalue weighted by Crippen LogP contribution is -2.37. The Morgan fingerprint density at radius 1 is 1.12 bits per heavy atom. The number of para-hydroxylation sites is 1. The lowest BCUT2D eigenvalue weighted by atomic mass is 10.2. The van der Waals surface area contributed by atoms with Crippen LogP contribution in [0.25, 0.3) is 10.9 Å². The number of ether oxygens (including phenoxy) is 2. The first-order valence-electron chi connectivity index (χ1n) is 10.8. The molecule has 0 spiro atoms. The van der Waals surface area contributed by atoms with E-state index in [1.54, 1.807) is 12.4 Å². The summed E-state index contributed by atoms with van der Waals surface area (Å²) in [6.07, 6.45) is 7.92. The van der Waals surface area contributed by atoms with E-state index in [0.29, 0.717) is 51.2 Å². The second-order valence-electron chi connectivity index (χ2n) is 7.46. The van der Waals surface area contributed by atoms with Gasteiger partial charge in [-0.15, -0.1) is 0 Å². The molecule has 10 heteroatoms. The van der Waals surface area contributed by atoms with Gasteiger partial charge in [0.1, 0.15) is 0 Å². The summed E-state index contributed by atoms with van der Waals surface area (Å²) in [5.74, 6) is 0.855. The van der Waals surface area contributed by atoms with Gasteiger partial charge in [-0.05, 0) is 17.7 Å². The van der Waals surface area contributed by atoms with E-state index in [2.05, 4.69) is 35.4 Å². The molecular formula is C23H24N8O2. The molecule has 168 valence electrons. The van der Waals surface area contributed by atoms with Crippen LogP contribution in [0.2, 0.25) is 0 Å². The maximum absolute atomic E-state index is 5.85. The van der Waals surface area contributed by atoms with Gasteiger partial charge in [0.15, 0.2) is 0 Å². The number of H-pyrrole nitrogens is 1. The van der Waals surface area contributed by atoms with E-state index >= 15 is 0 Å². The second-order valence-corrected chi connectivity index (χ2v) is 7.46. The number of nitrogens with one attached hydrogen (secondary N) is 2. The number of hydrazone groups is 1. The first kappa shape index (κ1) is 20.8. The molecule has 1 aliphatic rings. The van der Waals surface area contributed by atoms with Gasteiger partial charge in [0, 0.05) is 54.6 Å². The molecule has 1 aromatic carbocycles. The molecule has 2 N–H and O–H groups in total. The van der Waals surface area contributed by atoms with Crippen molar-refractivity contribution in [3.8, 4) is 6.01 Å². The quantitative estimate of drug-likeness (QED) is 0.315. The smallest absolute Gasteiger partial charge is 0.323 e. The van der Waals surface area contributed by atoms with Crippen molar-refractivity contribution in [1.82, 2.24) is 24.9 Å². The third kappa shape index (κ3) is 5.24. The zero-order valence-corrected chi connectivity index (χ0v) is 18.0. The van der Waals surface area contributed by atoms with Crippen LogP contribution in [-0.4, -0.2) is 64.0 Å². The fourth-order valence-electron chi connectivity index (χ4n) is 3.53. The molecule has 0 unspecified atom stereocenters. The Kier molecular flexibility index (Phi) is 6.34. The van der Waals surface area contributed by atoms with Crippen molar-refractivity contribution in [2.24, 2.45) is 5.10 Å². The third-order valence-electron chi connectivity index (χ3n) is 5.23. The first-order valence-corrected chi connectivity index (χ1v) is 10.8. The molecule has 4 aromatic rings. The first-order chi connectivity index (χ1) is 16.3. The summed E-state index contributed by atoms with van der Waals surface area (Å²) in [5.41, 5.74) is 6.03. The Hall–Kier alpha value is -4.05. The predicted octanol–water partition coefficient (Wildman–Crippen LogP) is 2.65. The molecule has 5 rings (SSSR count). The van der Waals surface area contributed by atoms with Crippen LogP contribution in [0.1, 0.15) is 11.1 Å². The normalized spacial score (nSPS) is 14.1. The number of hydrogen-bond acceptors (Lipinski definition) is 9. The number of rotatable bonds is 8. The van der Waals surface area contributed by atoms with E-state index in [0.717, 1.165) is 22.0 Å². The summed E-state index contributed by atoms with van der Waals surface area (Å²) >= 11 is 0. The molecule has 0 atom stereocenters. The van der Waals surface area contributed by atoms with Gasteiger partial charge in [0.2, 0.25) is 5.95 Å². The Bertz CT molecular complexity index is 1220. The van der Waals surface area contributed by atoms with E-state index in [-0.39, 0.29) is 6.01 Å². The highest BCUT2D eigenvalue weighted by atomic mass is 16.5. The molecule has 33 heavy (non-hydrogen) atoms. The van der Waals surface area contributed by atoms with Crippen molar-refractivity contribution in [3.63, 3.8) is 0 Å². The maximum Gasteiger partial charge on any atom is 0.323 e. The topological polar surface area (TPSA) is 113 Å². The van der Waals surface area contributed by atoms with Crippen molar-refractivity contribution in [3.05, 3.63) is 66.1 Å². The van der Waals surface area contributed by atoms with Crippen LogP contribution < -0.4 is 15.1 Å². The van der Waals surface area contributed by atoms with Gasteiger partial charge >= 0.3 is 6.01 Å². The highest BCUT2D eigenvalue weighted by Gasteiger charge is 2.17. The van der Waals surface area contributed by atoms with Crippen molar-refractivity contribution < 1.29 is 9.47 Å². The van der Waals surface area contributed by atoms with Crippen molar-refractivity contribution in [2.45, 2.75) is 6.42 Å². The molecule has 0 saturated carbocycles. The molecule has 1 saturated heterocycles. The Balaban J connectivity index is 1.31. The zero-order valence-electron chi connectivity index (χ0n) is 18.0. The van der Waals surface area contributed by atoms with E-state index in [4.69, 9.17) is 9.47 Å². The van der Waals surface area contributed by atoms with Crippen LogP contribution in [0.4, 0.5) is 11.9 Å². The van der Waals surface area contributed by atoms with Crippen LogP contribution in [0.5, 0.6) is 6.01 Å². The highest BCUT2D eigenvalue weighted by Crippen LogP contribution is 2.18. The monoisotopic (exact) mass is 444 g/mol. The van der Waals surface area contributed by atoms with Gasteiger partial charge in [0.25, 0.3) is 5.95 Å². The SMILES string of the molecule is C(=NNc1nc(OCCc2cccnc2)nc(N2CCOCC2)n1)c1c[nH]c2ccccc12. The Morgan fingerprint density at radius 3 is 2.91 bits per heavy atom. The minimum atomic E-state index is 0.250. The predicted molar refractivity (Wildman–Crippen MR) is 126 cm³/mol. The van der Waals surface area contributed by atoms with E-state index in [1.165, 1.54) is 0 Å². The van der Waals surface area contributed by atoms with Gasteiger partial charge in [0.05, 0.1) is 26.0 Å². The summed E-state index contributed by atoms with van der Waals surface area (Å²) in [6, 6.07) is 12.2. The molecule has 1 fully saturated rings. The van der Waals surface area contributed by atoms with Crippen molar-refractivity contribution >= 4 is 29.0 Å². The summed E-state index contributed by atoms with van der Waals surface area (Å²) in [5, 5.41) is 5.42. The minimum Gasteiger partial charge on any atom is -0.463 e. The summed E-state index contributed by atoms with van der Waals surface area (Å²) < 4.78 is 11.3. The number of aromatic amines is 1. The lowest BCUT2D eigenvalue weighted by Gasteiger charge is -2.26. The maximum atomic E-state index is 5.85. The van der Waals surface area contributed by atoms with Crippen LogP contribution in [0, 0.1) is 0 Å². The fourth-order valence-corrected chi connectivity index (χ4v) is 3.53. The molecule has 0 aliphatic carbocycles. The number of benzene rings is 1. The minimum absolute atomic E-state index is 0.250.